The van der Waals surface area contributed by atoms with Crippen molar-refractivity contribution in [3.63, 3.8) is 0 Å². The van der Waals surface area contributed by atoms with E-state index in [1.165, 1.54) is 0 Å². The second kappa shape index (κ2) is 10.0. The van der Waals surface area contributed by atoms with Crippen molar-refractivity contribution in [3.8, 4) is 17.2 Å². The van der Waals surface area contributed by atoms with Crippen LogP contribution >= 0.6 is 0 Å². The maximum atomic E-state index is 12.7. The Kier molecular flexibility index (Phi) is 6.89. The van der Waals surface area contributed by atoms with Crippen LogP contribution in [0.25, 0.3) is 0 Å². The predicted molar refractivity (Wildman–Crippen MR) is 125 cm³/mol. The Balaban J connectivity index is 1.59. The van der Waals surface area contributed by atoms with E-state index in [4.69, 9.17) is 23.7 Å². The third-order valence-electron chi connectivity index (χ3n) is 5.99. The van der Waals surface area contributed by atoms with Crippen LogP contribution in [0.4, 0.5) is 5.69 Å². The van der Waals surface area contributed by atoms with E-state index in [1.807, 2.05) is 36.4 Å². The number of methoxy groups -OCH3 is 4. The summed E-state index contributed by atoms with van der Waals surface area (Å²) in [7, 11) is 6.35. The Bertz CT molecular complexity index is 1040. The molecule has 1 fully saturated rings. The molecule has 0 radical (unpaired) electrons. The first-order chi connectivity index (χ1) is 16.1. The molecule has 2 atom stereocenters. The van der Waals surface area contributed by atoms with E-state index in [9.17, 15) is 4.79 Å². The van der Waals surface area contributed by atoms with E-state index in [0.29, 0.717) is 42.4 Å². The Morgan fingerprint density at radius 3 is 2.24 bits per heavy atom. The molecule has 2 aromatic rings. The molecular formula is C26H29NO6. The molecule has 33 heavy (non-hydrogen) atoms. The number of hydrogen-bond donors (Lipinski definition) is 0. The number of benzene rings is 2. The van der Waals surface area contributed by atoms with Gasteiger partial charge in [-0.25, -0.2) is 0 Å². The molecule has 0 bridgehead atoms. The number of carbonyl (C=O) groups excluding carboxylic acids is 1. The van der Waals surface area contributed by atoms with Crippen LogP contribution in [0.2, 0.25) is 0 Å². The lowest BCUT2D eigenvalue weighted by Gasteiger charge is -2.42. The topological polar surface area (TPSA) is 66.5 Å². The largest absolute Gasteiger partial charge is 0.493 e. The summed E-state index contributed by atoms with van der Waals surface area (Å²) in [5.74, 6) is 2.30. The van der Waals surface area contributed by atoms with Crippen LogP contribution in [0.15, 0.2) is 65.9 Å². The van der Waals surface area contributed by atoms with Gasteiger partial charge in [-0.3, -0.25) is 4.79 Å². The zero-order chi connectivity index (χ0) is 23.4. The van der Waals surface area contributed by atoms with Gasteiger partial charge in [-0.15, -0.1) is 0 Å². The lowest BCUT2D eigenvalue weighted by Crippen LogP contribution is -2.54. The molecule has 1 aliphatic carbocycles. The van der Waals surface area contributed by atoms with Crippen LogP contribution in [0, 0.1) is 0 Å². The summed E-state index contributed by atoms with van der Waals surface area (Å²) in [5.41, 5.74) is 2.81. The van der Waals surface area contributed by atoms with E-state index in [2.05, 4.69) is 6.08 Å². The normalized spacial score (nSPS) is 19.9. The molecule has 2 aliphatic rings. The summed E-state index contributed by atoms with van der Waals surface area (Å²) in [5, 5.41) is 0. The fourth-order valence-electron chi connectivity index (χ4n) is 4.21. The summed E-state index contributed by atoms with van der Waals surface area (Å²) < 4.78 is 28.1. The van der Waals surface area contributed by atoms with Crippen molar-refractivity contribution in [2.45, 2.75) is 31.6 Å². The Hall–Kier alpha value is -3.45. The maximum Gasteiger partial charge on any atom is 0.230 e. The average molecular weight is 452 g/mol. The number of nitrogens with zero attached hydrogens (tertiary/aromatic N) is 1. The molecule has 1 amide bonds. The minimum absolute atomic E-state index is 0.0317. The summed E-state index contributed by atoms with van der Waals surface area (Å²) in [6, 6.07) is 13.5. The van der Waals surface area contributed by atoms with Gasteiger partial charge in [0.25, 0.3) is 0 Å². The zero-order valence-electron chi connectivity index (χ0n) is 19.4. The third kappa shape index (κ3) is 4.54. The molecule has 174 valence electrons. The van der Waals surface area contributed by atoms with Gasteiger partial charge in [-0.1, -0.05) is 36.4 Å². The van der Waals surface area contributed by atoms with Crippen molar-refractivity contribution >= 4 is 11.6 Å². The molecule has 1 saturated heterocycles. The number of hydrogen-bond acceptors (Lipinski definition) is 6. The van der Waals surface area contributed by atoms with Gasteiger partial charge < -0.3 is 28.6 Å². The van der Waals surface area contributed by atoms with E-state index in [-0.39, 0.29) is 18.1 Å². The van der Waals surface area contributed by atoms with Gasteiger partial charge in [0.15, 0.2) is 11.5 Å². The molecule has 0 N–H and O–H groups in total. The number of carbonyl (C=O) groups is 1. The zero-order valence-corrected chi connectivity index (χ0v) is 19.4. The lowest BCUT2D eigenvalue weighted by molar-refractivity contribution is -0.123. The molecule has 1 heterocycles. The fraction of sp³-hybridized carbons (Fsp3) is 0.346. The van der Waals surface area contributed by atoms with Crippen LogP contribution in [-0.4, -0.2) is 46.5 Å². The first-order valence-electron chi connectivity index (χ1n) is 10.8. The average Bonchev–Trinajstić information content (AvgIpc) is 2.85. The van der Waals surface area contributed by atoms with Gasteiger partial charge in [0, 0.05) is 19.2 Å². The Morgan fingerprint density at radius 2 is 1.67 bits per heavy atom. The second-order valence-electron chi connectivity index (χ2n) is 7.85. The van der Waals surface area contributed by atoms with Crippen LogP contribution in [0.3, 0.4) is 0 Å². The summed E-state index contributed by atoms with van der Waals surface area (Å²) in [6.45, 7) is 0.458. The molecular weight excluding hydrogens is 422 g/mol. The minimum Gasteiger partial charge on any atom is -0.493 e. The predicted octanol–water partition coefficient (Wildman–Crippen LogP) is 4.26. The molecule has 0 aromatic heterocycles. The maximum absolute atomic E-state index is 12.7. The summed E-state index contributed by atoms with van der Waals surface area (Å²) in [4.78, 5) is 14.4. The van der Waals surface area contributed by atoms with Gasteiger partial charge in [0.05, 0.1) is 39.5 Å². The number of β-lactam (4-membered cyclic amide) rings is 1. The number of ether oxygens (including phenoxy) is 5. The fourth-order valence-corrected chi connectivity index (χ4v) is 4.21. The molecule has 7 heteroatoms. The van der Waals surface area contributed by atoms with Crippen molar-refractivity contribution in [3.05, 3.63) is 71.5 Å². The van der Waals surface area contributed by atoms with Crippen molar-refractivity contribution < 1.29 is 28.5 Å². The van der Waals surface area contributed by atoms with Crippen molar-refractivity contribution in [2.24, 2.45) is 0 Å². The van der Waals surface area contributed by atoms with Gasteiger partial charge in [-0.2, -0.15) is 0 Å². The van der Waals surface area contributed by atoms with E-state index in [0.717, 1.165) is 16.9 Å². The molecule has 0 spiro atoms. The highest BCUT2D eigenvalue weighted by Gasteiger charge is 2.41. The highest BCUT2D eigenvalue weighted by Crippen LogP contribution is 2.44. The second-order valence-corrected chi connectivity index (χ2v) is 7.85. The summed E-state index contributed by atoms with van der Waals surface area (Å²) in [6.07, 6.45) is 5.07. The smallest absolute Gasteiger partial charge is 0.230 e. The van der Waals surface area contributed by atoms with Crippen molar-refractivity contribution in [2.75, 3.05) is 33.3 Å². The molecule has 1 unspecified atom stereocenters. The van der Waals surface area contributed by atoms with Gasteiger partial charge in [-0.05, 0) is 23.6 Å². The van der Waals surface area contributed by atoms with Crippen LogP contribution in [0.5, 0.6) is 17.2 Å². The number of amides is 1. The van der Waals surface area contributed by atoms with Crippen LogP contribution in [-0.2, 0) is 20.9 Å². The quantitative estimate of drug-likeness (QED) is 0.531. The molecule has 7 nitrogen and oxygen atoms in total. The Labute approximate surface area is 194 Å². The third-order valence-corrected chi connectivity index (χ3v) is 5.99. The SMILES string of the molecule is COc1cc(N2C(=O)C[C@@H]2C2=CCC(OC)C(OCc3ccccc3)=C2)cc(OC)c1OC. The number of rotatable bonds is 9. The Morgan fingerprint density at radius 1 is 0.970 bits per heavy atom. The molecule has 2 aromatic carbocycles. The van der Waals surface area contributed by atoms with Gasteiger partial charge in [0.2, 0.25) is 11.7 Å². The molecule has 4 rings (SSSR count). The monoisotopic (exact) mass is 451 g/mol. The lowest BCUT2D eigenvalue weighted by atomic mass is 9.88. The minimum atomic E-state index is -0.150. The van der Waals surface area contributed by atoms with Gasteiger partial charge >= 0.3 is 0 Å². The van der Waals surface area contributed by atoms with Crippen molar-refractivity contribution in [1.82, 2.24) is 0 Å². The van der Waals surface area contributed by atoms with Gasteiger partial charge in [0.1, 0.15) is 18.5 Å². The van der Waals surface area contributed by atoms with E-state index < -0.39 is 0 Å². The van der Waals surface area contributed by atoms with Crippen LogP contribution < -0.4 is 19.1 Å². The highest BCUT2D eigenvalue weighted by molar-refractivity contribution is 6.02. The van der Waals surface area contributed by atoms with Crippen molar-refractivity contribution in [1.29, 1.82) is 0 Å². The summed E-state index contributed by atoms with van der Waals surface area (Å²) >= 11 is 0. The first-order valence-corrected chi connectivity index (χ1v) is 10.8. The molecule has 0 saturated carbocycles. The highest BCUT2D eigenvalue weighted by atomic mass is 16.5. The van der Waals surface area contributed by atoms with Crippen LogP contribution in [0.1, 0.15) is 18.4 Å². The van der Waals surface area contributed by atoms with E-state index in [1.54, 1.807) is 45.5 Å². The van der Waals surface area contributed by atoms with E-state index >= 15 is 0 Å². The molecule has 1 aliphatic heterocycles. The number of anilines is 1. The standard InChI is InChI=1S/C26H29NO6/c1-29-21-11-10-18(12-22(21)33-16-17-8-6-5-7-9-17)20-15-25(28)27(20)19-13-23(30-2)26(32-4)24(14-19)31-3/h5-10,12-14,20-21H,11,15-16H2,1-4H3/t20-,21?/m1/s1. The first kappa shape index (κ1) is 22.7.